The number of rotatable bonds is 5. The average Bonchev–Trinajstić information content (AvgIpc) is 3.19. The standard InChI is InChI=1S/C25H28N6O2/c1-14-9-15(2)30-25(33)21(14)13-28-24(32)20-11-18(17-5-6-23(26)27-12-17)10-19(16(20)3)22-7-8-29-31(22)4/h5-12,25,30,33H,13H2,1-4H3,(H2,26,27)(H,28,32). The fraction of sp³-hybridized carbons (Fsp3) is 0.240. The highest BCUT2D eigenvalue weighted by atomic mass is 16.3. The van der Waals surface area contributed by atoms with Crippen LogP contribution in [0, 0.1) is 6.92 Å². The Kier molecular flexibility index (Phi) is 6.02. The van der Waals surface area contributed by atoms with E-state index < -0.39 is 6.23 Å². The molecule has 0 bridgehead atoms. The van der Waals surface area contributed by atoms with Crippen molar-refractivity contribution >= 4 is 11.7 Å². The molecule has 1 atom stereocenters. The molecule has 170 valence electrons. The second kappa shape index (κ2) is 8.91. The number of nitrogens with zero attached hydrogens (tertiary/aromatic N) is 3. The summed E-state index contributed by atoms with van der Waals surface area (Å²) in [6.45, 7) is 5.98. The SMILES string of the molecule is CC1=CC(C)=C(CNC(=O)c2cc(-c3ccc(N)nc3)cc(-c3ccnn3C)c2C)C(O)N1. The number of hydrogen-bond acceptors (Lipinski definition) is 6. The number of aromatic nitrogens is 3. The number of pyridine rings is 1. The van der Waals surface area contributed by atoms with Crippen molar-refractivity contribution in [3.63, 3.8) is 0 Å². The van der Waals surface area contributed by atoms with Gasteiger partial charge in [0.1, 0.15) is 12.0 Å². The second-order valence-corrected chi connectivity index (χ2v) is 8.27. The van der Waals surface area contributed by atoms with Crippen LogP contribution in [0.5, 0.6) is 0 Å². The quantitative estimate of drug-likeness (QED) is 0.481. The molecule has 0 spiro atoms. The predicted octanol–water partition coefficient (Wildman–Crippen LogP) is 2.91. The largest absolute Gasteiger partial charge is 0.384 e. The van der Waals surface area contributed by atoms with E-state index in [0.29, 0.717) is 11.4 Å². The number of aliphatic hydroxyl groups is 1. The molecular formula is C25H28N6O2. The first kappa shape index (κ1) is 22.3. The van der Waals surface area contributed by atoms with Gasteiger partial charge in [-0.3, -0.25) is 9.48 Å². The number of carbonyl (C=O) groups is 1. The van der Waals surface area contributed by atoms with Crippen LogP contribution >= 0.6 is 0 Å². The van der Waals surface area contributed by atoms with E-state index in [0.717, 1.165) is 44.8 Å². The normalized spacial score (nSPS) is 15.8. The van der Waals surface area contributed by atoms with Crippen molar-refractivity contribution in [1.82, 2.24) is 25.4 Å². The average molecular weight is 445 g/mol. The summed E-state index contributed by atoms with van der Waals surface area (Å²) >= 11 is 0. The Morgan fingerprint density at radius 1 is 1.21 bits per heavy atom. The molecule has 3 heterocycles. The molecule has 8 heteroatoms. The Morgan fingerprint density at radius 3 is 2.64 bits per heavy atom. The first-order valence-electron chi connectivity index (χ1n) is 10.7. The summed E-state index contributed by atoms with van der Waals surface area (Å²) < 4.78 is 1.78. The molecule has 0 radical (unpaired) electrons. The lowest BCUT2D eigenvalue weighted by molar-refractivity contribution is 0.0952. The van der Waals surface area contributed by atoms with Crippen molar-refractivity contribution in [1.29, 1.82) is 0 Å². The molecule has 8 nitrogen and oxygen atoms in total. The minimum absolute atomic E-state index is 0.222. The number of nitrogens with two attached hydrogens (primary N) is 1. The van der Waals surface area contributed by atoms with E-state index in [1.165, 1.54) is 0 Å². The molecule has 5 N–H and O–H groups in total. The van der Waals surface area contributed by atoms with Crippen LogP contribution < -0.4 is 16.4 Å². The van der Waals surface area contributed by atoms with Gasteiger partial charge in [-0.05, 0) is 73.9 Å². The van der Waals surface area contributed by atoms with Crippen molar-refractivity contribution in [2.75, 3.05) is 12.3 Å². The van der Waals surface area contributed by atoms with Crippen molar-refractivity contribution in [2.45, 2.75) is 27.0 Å². The number of nitrogen functional groups attached to an aromatic ring is 1. The number of amides is 1. The molecule has 0 fully saturated rings. The van der Waals surface area contributed by atoms with Gasteiger partial charge in [-0.2, -0.15) is 5.10 Å². The van der Waals surface area contributed by atoms with E-state index in [1.54, 1.807) is 23.1 Å². The summed E-state index contributed by atoms with van der Waals surface area (Å²) in [4.78, 5) is 17.5. The van der Waals surface area contributed by atoms with Crippen molar-refractivity contribution < 1.29 is 9.90 Å². The van der Waals surface area contributed by atoms with Crippen molar-refractivity contribution in [2.24, 2.45) is 7.05 Å². The number of anilines is 1. The molecule has 3 aromatic rings. The summed E-state index contributed by atoms with van der Waals surface area (Å²) in [6.07, 6.45) is 4.55. The molecule has 0 aliphatic carbocycles. The molecule has 2 aromatic heterocycles. The maximum absolute atomic E-state index is 13.3. The summed E-state index contributed by atoms with van der Waals surface area (Å²) in [7, 11) is 1.87. The summed E-state index contributed by atoms with van der Waals surface area (Å²) in [5.74, 6) is 0.211. The number of nitrogens with one attached hydrogen (secondary N) is 2. The third-order valence-electron chi connectivity index (χ3n) is 5.94. The lowest BCUT2D eigenvalue weighted by Crippen LogP contribution is -2.38. The van der Waals surface area contributed by atoms with Gasteiger partial charge >= 0.3 is 0 Å². The molecule has 1 amide bonds. The minimum atomic E-state index is -0.825. The van der Waals surface area contributed by atoms with Crippen LogP contribution in [0.1, 0.15) is 29.8 Å². The Hall–Kier alpha value is -3.91. The van der Waals surface area contributed by atoms with Crippen LogP contribution in [0.15, 0.2) is 65.6 Å². The Bertz CT molecular complexity index is 1270. The lowest BCUT2D eigenvalue weighted by Gasteiger charge is -2.25. The van der Waals surface area contributed by atoms with E-state index in [4.69, 9.17) is 5.73 Å². The fourth-order valence-electron chi connectivity index (χ4n) is 4.08. The summed E-state index contributed by atoms with van der Waals surface area (Å²) in [5, 5.41) is 20.6. The monoisotopic (exact) mass is 444 g/mol. The first-order chi connectivity index (χ1) is 15.7. The molecule has 4 rings (SSSR count). The van der Waals surface area contributed by atoms with Crippen LogP contribution in [0.4, 0.5) is 5.82 Å². The maximum atomic E-state index is 13.3. The zero-order valence-electron chi connectivity index (χ0n) is 19.2. The Balaban J connectivity index is 1.73. The van der Waals surface area contributed by atoms with Gasteiger partial charge in [0, 0.05) is 53.9 Å². The van der Waals surface area contributed by atoms with Crippen LogP contribution in [0.25, 0.3) is 22.4 Å². The van der Waals surface area contributed by atoms with Gasteiger partial charge in [0.25, 0.3) is 5.91 Å². The second-order valence-electron chi connectivity index (χ2n) is 8.27. The molecule has 1 aromatic carbocycles. The molecule has 1 aliphatic rings. The fourth-order valence-corrected chi connectivity index (χ4v) is 4.08. The molecule has 1 aliphatic heterocycles. The number of dihydropyridines is 1. The summed E-state index contributed by atoms with van der Waals surface area (Å²) in [5.41, 5.74) is 13.2. The van der Waals surface area contributed by atoms with E-state index in [2.05, 4.69) is 20.7 Å². The van der Waals surface area contributed by atoms with E-state index in [-0.39, 0.29) is 12.5 Å². The summed E-state index contributed by atoms with van der Waals surface area (Å²) in [6, 6.07) is 9.43. The minimum Gasteiger partial charge on any atom is -0.384 e. The highest BCUT2D eigenvalue weighted by Crippen LogP contribution is 2.32. The van der Waals surface area contributed by atoms with Gasteiger partial charge in [0.2, 0.25) is 0 Å². The smallest absolute Gasteiger partial charge is 0.251 e. The number of aryl methyl sites for hydroxylation is 1. The maximum Gasteiger partial charge on any atom is 0.251 e. The molecule has 33 heavy (non-hydrogen) atoms. The van der Waals surface area contributed by atoms with Gasteiger partial charge in [0.15, 0.2) is 0 Å². The van der Waals surface area contributed by atoms with Gasteiger partial charge in [-0.15, -0.1) is 0 Å². The third-order valence-corrected chi connectivity index (χ3v) is 5.94. The van der Waals surface area contributed by atoms with Crippen LogP contribution in [-0.4, -0.2) is 38.6 Å². The predicted molar refractivity (Wildman–Crippen MR) is 129 cm³/mol. The third kappa shape index (κ3) is 4.51. The Labute approximate surface area is 192 Å². The number of allylic oxidation sites excluding steroid dienone is 3. The van der Waals surface area contributed by atoms with Gasteiger partial charge in [-0.1, -0.05) is 0 Å². The number of aliphatic hydroxyl groups excluding tert-OH is 1. The lowest BCUT2D eigenvalue weighted by atomic mass is 9.93. The molecule has 0 saturated carbocycles. The first-order valence-corrected chi connectivity index (χ1v) is 10.7. The van der Waals surface area contributed by atoms with Crippen LogP contribution in [0.2, 0.25) is 0 Å². The topological polar surface area (TPSA) is 118 Å². The zero-order valence-corrected chi connectivity index (χ0v) is 19.2. The van der Waals surface area contributed by atoms with E-state index in [9.17, 15) is 9.90 Å². The molecule has 0 saturated heterocycles. The zero-order chi connectivity index (χ0) is 23.7. The number of hydrogen-bond donors (Lipinski definition) is 4. The van der Waals surface area contributed by atoms with E-state index in [1.807, 2.05) is 58.2 Å². The van der Waals surface area contributed by atoms with Gasteiger partial charge < -0.3 is 21.5 Å². The van der Waals surface area contributed by atoms with Gasteiger partial charge in [0.05, 0.1) is 5.69 Å². The van der Waals surface area contributed by atoms with Crippen molar-refractivity contribution in [3.8, 4) is 22.4 Å². The molecular weight excluding hydrogens is 416 g/mol. The Morgan fingerprint density at radius 2 is 2.00 bits per heavy atom. The van der Waals surface area contributed by atoms with Gasteiger partial charge in [-0.25, -0.2) is 4.98 Å². The molecule has 1 unspecified atom stereocenters. The van der Waals surface area contributed by atoms with Crippen LogP contribution in [-0.2, 0) is 7.05 Å². The van der Waals surface area contributed by atoms with Crippen molar-refractivity contribution in [3.05, 3.63) is 76.8 Å². The number of carbonyl (C=O) groups excluding carboxylic acids is 1. The van der Waals surface area contributed by atoms with E-state index >= 15 is 0 Å². The highest BCUT2D eigenvalue weighted by molar-refractivity contribution is 5.99. The van der Waals surface area contributed by atoms with Crippen LogP contribution in [0.3, 0.4) is 0 Å². The number of benzene rings is 1. The highest BCUT2D eigenvalue weighted by Gasteiger charge is 2.21.